The maximum atomic E-state index is 5.65. The van der Waals surface area contributed by atoms with Crippen molar-refractivity contribution in [3.63, 3.8) is 0 Å². The van der Waals surface area contributed by atoms with Gasteiger partial charge in [0.05, 0.1) is 46.2 Å². The third-order valence-electron chi connectivity index (χ3n) is 5.84. The fourth-order valence-corrected chi connectivity index (χ4v) is 4.10. The Morgan fingerprint density at radius 1 is 1.24 bits per heavy atom. The van der Waals surface area contributed by atoms with E-state index in [0.29, 0.717) is 35.5 Å². The minimum atomic E-state index is 0.437. The van der Waals surface area contributed by atoms with Crippen molar-refractivity contribution in [2.45, 2.75) is 47.0 Å². The summed E-state index contributed by atoms with van der Waals surface area (Å²) >= 11 is 0. The molecule has 33 heavy (non-hydrogen) atoms. The molecule has 9 heteroatoms. The van der Waals surface area contributed by atoms with Crippen LogP contribution < -0.4 is 4.74 Å². The number of allylic oxidation sites excluding steroid dienone is 1. The van der Waals surface area contributed by atoms with Gasteiger partial charge in [0, 0.05) is 12.3 Å². The molecule has 0 amide bonds. The van der Waals surface area contributed by atoms with E-state index in [-0.39, 0.29) is 0 Å². The average molecular weight is 447 g/mol. The molecular weight excluding hydrogens is 420 g/mol. The molecule has 0 atom stereocenters. The van der Waals surface area contributed by atoms with Gasteiger partial charge in [-0.25, -0.2) is 15.0 Å². The zero-order chi connectivity index (χ0) is 23.3. The Balaban J connectivity index is 1.61. The monoisotopic (exact) mass is 446 g/mol. The number of nitrogens with zero attached hydrogens (tertiary/aromatic N) is 5. The van der Waals surface area contributed by atoms with Crippen LogP contribution in [-0.2, 0) is 11.3 Å². The lowest BCUT2D eigenvalue weighted by molar-refractivity contribution is 0.211. The fourth-order valence-electron chi connectivity index (χ4n) is 4.10. The summed E-state index contributed by atoms with van der Waals surface area (Å²) in [6.45, 7) is 11.5. The number of hydrogen-bond donors (Lipinski definition) is 1. The largest absolute Gasteiger partial charge is 0.481 e. The number of pyridine rings is 1. The number of hydrogen-bond acceptors (Lipinski definition) is 8. The molecule has 5 rings (SSSR count). The zero-order valence-electron chi connectivity index (χ0n) is 19.4. The van der Waals surface area contributed by atoms with Crippen molar-refractivity contribution in [3.8, 4) is 17.0 Å². The first-order valence-electron chi connectivity index (χ1n) is 10.9. The Labute approximate surface area is 190 Å². The molecular formula is C24H26N6O3. The molecule has 170 valence electrons. The minimum absolute atomic E-state index is 0.437. The number of aryl methyl sites for hydroxylation is 3. The number of oxime groups is 1. The van der Waals surface area contributed by atoms with Crippen molar-refractivity contribution in [3.05, 3.63) is 41.4 Å². The van der Waals surface area contributed by atoms with Gasteiger partial charge in [0.2, 0.25) is 5.88 Å². The van der Waals surface area contributed by atoms with Crippen LogP contribution in [0.1, 0.15) is 42.7 Å². The zero-order valence-corrected chi connectivity index (χ0v) is 19.4. The molecule has 9 nitrogen and oxygen atoms in total. The molecule has 1 aliphatic carbocycles. The molecule has 1 fully saturated rings. The Morgan fingerprint density at radius 2 is 2.03 bits per heavy atom. The van der Waals surface area contributed by atoms with Crippen molar-refractivity contribution < 1.29 is 14.1 Å². The van der Waals surface area contributed by atoms with Crippen molar-refractivity contribution >= 4 is 27.8 Å². The Morgan fingerprint density at radius 3 is 2.70 bits per heavy atom. The van der Waals surface area contributed by atoms with Gasteiger partial charge in [0.15, 0.2) is 0 Å². The van der Waals surface area contributed by atoms with E-state index in [1.165, 1.54) is 0 Å². The van der Waals surface area contributed by atoms with E-state index in [0.717, 1.165) is 63.2 Å². The topological polar surface area (TPSA) is 111 Å². The first-order valence-corrected chi connectivity index (χ1v) is 10.9. The average Bonchev–Trinajstić information content (AvgIpc) is 3.49. The van der Waals surface area contributed by atoms with E-state index in [4.69, 9.17) is 24.1 Å². The predicted octanol–water partition coefficient (Wildman–Crippen LogP) is 4.95. The van der Waals surface area contributed by atoms with Gasteiger partial charge in [-0.3, -0.25) is 0 Å². The standard InChI is InChI=1S/C24H26N6O3/c1-11(29-32-13(3)16-7-8-16)9-18-21-22-19(27-23(21)26-15(5)25-18)10-17(24(28-22)31-6)20-12(2)30-33-14(20)4/h10,16H,3,7-9H2,1-2,4-6H3,(H,25,26,27)/b29-11-. The highest BCUT2D eigenvalue weighted by molar-refractivity contribution is 6.07. The van der Waals surface area contributed by atoms with E-state index in [1.54, 1.807) is 7.11 Å². The Kier molecular flexibility index (Phi) is 5.11. The van der Waals surface area contributed by atoms with Gasteiger partial charge in [0.25, 0.3) is 0 Å². The van der Waals surface area contributed by atoms with Crippen molar-refractivity contribution in [2.75, 3.05) is 7.11 Å². The molecule has 1 aliphatic rings. The lowest BCUT2D eigenvalue weighted by atomic mass is 10.0. The summed E-state index contributed by atoms with van der Waals surface area (Å²) in [5, 5.41) is 9.18. The van der Waals surface area contributed by atoms with Crippen molar-refractivity contribution in [1.82, 2.24) is 25.1 Å². The van der Waals surface area contributed by atoms with Gasteiger partial charge in [0.1, 0.15) is 28.5 Å². The summed E-state index contributed by atoms with van der Waals surface area (Å²) in [6.07, 6.45) is 2.75. The second kappa shape index (κ2) is 7.99. The number of aromatic amines is 1. The molecule has 0 saturated heterocycles. The van der Waals surface area contributed by atoms with Crippen LogP contribution in [0.15, 0.2) is 28.1 Å². The molecule has 4 heterocycles. The summed E-state index contributed by atoms with van der Waals surface area (Å²) in [5.41, 5.74) is 6.36. The summed E-state index contributed by atoms with van der Waals surface area (Å²) in [6, 6.07) is 2.00. The van der Waals surface area contributed by atoms with Gasteiger partial charge in [-0.05, 0) is 46.6 Å². The predicted molar refractivity (Wildman–Crippen MR) is 125 cm³/mol. The van der Waals surface area contributed by atoms with E-state index in [9.17, 15) is 0 Å². The lowest BCUT2D eigenvalue weighted by Crippen LogP contribution is -2.05. The highest BCUT2D eigenvalue weighted by Gasteiger charge is 2.26. The van der Waals surface area contributed by atoms with Gasteiger partial charge in [-0.1, -0.05) is 16.9 Å². The van der Waals surface area contributed by atoms with Gasteiger partial charge < -0.3 is 19.1 Å². The van der Waals surface area contributed by atoms with Crippen LogP contribution in [0.5, 0.6) is 5.88 Å². The van der Waals surface area contributed by atoms with Crippen LogP contribution in [0, 0.1) is 26.7 Å². The normalized spacial score (nSPS) is 14.3. The van der Waals surface area contributed by atoms with E-state index < -0.39 is 0 Å². The molecule has 0 spiro atoms. The number of methoxy groups -OCH3 is 1. The molecule has 4 aromatic heterocycles. The van der Waals surface area contributed by atoms with Crippen LogP contribution >= 0.6 is 0 Å². The number of H-pyrrole nitrogens is 1. The SMILES string of the molecule is C=C(O/N=C(/C)Cc1nc(C)nc2[nH]c3cc(-c4c(C)noc4C)c(OC)nc3c12)C1CC1. The molecule has 0 radical (unpaired) electrons. The number of fused-ring (bicyclic) bond motifs is 3. The summed E-state index contributed by atoms with van der Waals surface area (Å²) in [7, 11) is 1.60. The summed E-state index contributed by atoms with van der Waals surface area (Å²) < 4.78 is 11.0. The van der Waals surface area contributed by atoms with Crippen molar-refractivity contribution in [1.29, 1.82) is 0 Å². The van der Waals surface area contributed by atoms with Crippen LogP contribution in [0.4, 0.5) is 0 Å². The van der Waals surface area contributed by atoms with Crippen LogP contribution in [0.2, 0.25) is 0 Å². The Bertz CT molecular complexity index is 1410. The fraction of sp³-hybridized carbons (Fsp3) is 0.375. The van der Waals surface area contributed by atoms with Gasteiger partial charge in [-0.15, -0.1) is 0 Å². The van der Waals surface area contributed by atoms with Gasteiger partial charge in [-0.2, -0.15) is 0 Å². The Hall–Kier alpha value is -3.75. The van der Waals surface area contributed by atoms with E-state index in [2.05, 4.69) is 26.9 Å². The second-order valence-corrected chi connectivity index (χ2v) is 8.54. The first-order chi connectivity index (χ1) is 15.9. The van der Waals surface area contributed by atoms with E-state index in [1.807, 2.05) is 33.8 Å². The number of rotatable bonds is 7. The number of aromatic nitrogens is 5. The third kappa shape index (κ3) is 3.83. The maximum Gasteiger partial charge on any atom is 0.221 e. The minimum Gasteiger partial charge on any atom is -0.481 e. The molecule has 0 aliphatic heterocycles. The molecule has 1 N–H and O–H groups in total. The highest BCUT2D eigenvalue weighted by Crippen LogP contribution is 2.38. The highest BCUT2D eigenvalue weighted by atomic mass is 16.6. The smallest absolute Gasteiger partial charge is 0.221 e. The molecule has 0 unspecified atom stereocenters. The number of nitrogens with one attached hydrogen (secondary N) is 1. The maximum absolute atomic E-state index is 5.65. The van der Waals surface area contributed by atoms with Crippen LogP contribution in [0.25, 0.3) is 33.2 Å². The first kappa shape index (κ1) is 21.1. The number of ether oxygens (including phenoxy) is 1. The quantitative estimate of drug-likeness (QED) is 0.243. The lowest BCUT2D eigenvalue weighted by Gasteiger charge is -2.08. The molecule has 4 aromatic rings. The second-order valence-electron chi connectivity index (χ2n) is 8.54. The van der Waals surface area contributed by atoms with Crippen LogP contribution in [-0.4, -0.2) is 37.9 Å². The molecule has 0 bridgehead atoms. The van der Waals surface area contributed by atoms with Crippen LogP contribution in [0.3, 0.4) is 0 Å². The third-order valence-corrected chi connectivity index (χ3v) is 5.84. The summed E-state index contributed by atoms with van der Waals surface area (Å²) in [4.78, 5) is 23.1. The molecule has 0 aromatic carbocycles. The molecule has 1 saturated carbocycles. The summed E-state index contributed by atoms with van der Waals surface area (Å²) in [5.74, 6) is 3.02. The van der Waals surface area contributed by atoms with Crippen molar-refractivity contribution in [2.24, 2.45) is 11.1 Å². The van der Waals surface area contributed by atoms with E-state index >= 15 is 0 Å². The van der Waals surface area contributed by atoms with Gasteiger partial charge >= 0.3 is 0 Å².